The molecule has 0 aliphatic carbocycles. The summed E-state index contributed by atoms with van der Waals surface area (Å²) in [5.41, 5.74) is 0. The van der Waals surface area contributed by atoms with Crippen molar-refractivity contribution in [1.29, 1.82) is 0 Å². The molecule has 0 fully saturated rings. The fourth-order valence-electron chi connectivity index (χ4n) is 1.77. The van der Waals surface area contributed by atoms with Crippen LogP contribution in [0.15, 0.2) is 12.1 Å². The lowest BCUT2D eigenvalue weighted by atomic mass is 10.2. The Bertz CT molecular complexity index is 284. The highest BCUT2D eigenvalue weighted by Crippen LogP contribution is 2.16. The summed E-state index contributed by atoms with van der Waals surface area (Å²) in [6, 6.07) is 4.51. The average Bonchev–Trinajstić information content (AvgIpc) is 2.80. The molecule has 0 spiro atoms. The minimum atomic E-state index is 1.05. The Morgan fingerprint density at radius 1 is 1.12 bits per heavy atom. The monoisotopic (exact) mass is 271 g/mol. The summed E-state index contributed by atoms with van der Waals surface area (Å²) in [6.45, 7) is 4.44. The highest BCUT2D eigenvalue weighted by atomic mass is 32.2. The maximum Gasteiger partial charge on any atom is 0.0299 e. The molecule has 0 bridgehead atoms. The minimum Gasteiger partial charge on any atom is -0.312 e. The second-order valence-electron chi connectivity index (χ2n) is 4.31. The second-order valence-corrected chi connectivity index (χ2v) is 6.54. The largest absolute Gasteiger partial charge is 0.312 e. The van der Waals surface area contributed by atoms with E-state index in [-0.39, 0.29) is 0 Å². The van der Waals surface area contributed by atoms with E-state index in [1.807, 2.05) is 23.1 Å². The van der Waals surface area contributed by atoms with E-state index in [4.69, 9.17) is 0 Å². The smallest absolute Gasteiger partial charge is 0.0299 e. The van der Waals surface area contributed by atoms with Crippen molar-refractivity contribution in [2.75, 3.05) is 18.6 Å². The van der Waals surface area contributed by atoms with Crippen LogP contribution in [0.25, 0.3) is 0 Å². The Kier molecular flexibility index (Phi) is 8.85. The fraction of sp³-hybridized carbons (Fsp3) is 0.714. The van der Waals surface area contributed by atoms with Crippen molar-refractivity contribution in [3.63, 3.8) is 0 Å². The third-order valence-corrected chi connectivity index (χ3v) is 4.74. The van der Waals surface area contributed by atoms with Gasteiger partial charge in [-0.15, -0.1) is 11.3 Å². The van der Waals surface area contributed by atoms with Gasteiger partial charge in [-0.05, 0) is 49.9 Å². The predicted octanol–water partition coefficient (Wildman–Crippen LogP) is 4.32. The molecule has 98 valence electrons. The number of rotatable bonds is 10. The van der Waals surface area contributed by atoms with Gasteiger partial charge in [-0.2, -0.15) is 11.8 Å². The third kappa shape index (κ3) is 7.12. The maximum absolute atomic E-state index is 3.54. The summed E-state index contributed by atoms with van der Waals surface area (Å²) in [5.74, 6) is 1.32. The van der Waals surface area contributed by atoms with Crippen molar-refractivity contribution < 1.29 is 0 Å². The van der Waals surface area contributed by atoms with E-state index in [0.29, 0.717) is 0 Å². The average molecular weight is 271 g/mol. The summed E-state index contributed by atoms with van der Waals surface area (Å²) in [6.07, 6.45) is 8.82. The molecule has 17 heavy (non-hydrogen) atoms. The molecule has 1 nitrogen and oxygen atoms in total. The van der Waals surface area contributed by atoms with Crippen LogP contribution in [-0.2, 0) is 13.0 Å². The van der Waals surface area contributed by atoms with Crippen LogP contribution < -0.4 is 5.32 Å². The number of aryl methyl sites for hydroxylation is 1. The van der Waals surface area contributed by atoms with Gasteiger partial charge in [0.1, 0.15) is 0 Å². The second kappa shape index (κ2) is 9.98. The van der Waals surface area contributed by atoms with Gasteiger partial charge in [-0.3, -0.25) is 0 Å². The molecule has 1 aromatic heterocycles. The van der Waals surface area contributed by atoms with Crippen molar-refractivity contribution in [1.82, 2.24) is 5.32 Å². The van der Waals surface area contributed by atoms with Crippen molar-refractivity contribution in [3.8, 4) is 0 Å². The standard InChI is InChI=1S/C14H25NS2/c1-3-13-8-9-14(17-13)12-15-10-6-4-5-7-11-16-2/h8-9,15H,3-7,10-12H2,1-2H3. The van der Waals surface area contributed by atoms with Crippen LogP contribution in [0.1, 0.15) is 42.4 Å². The third-order valence-electron chi connectivity index (χ3n) is 2.82. The number of unbranched alkanes of at least 4 members (excludes halogenated alkanes) is 3. The Balaban J connectivity index is 1.93. The Morgan fingerprint density at radius 3 is 2.59 bits per heavy atom. The van der Waals surface area contributed by atoms with Crippen LogP contribution in [0.5, 0.6) is 0 Å². The van der Waals surface area contributed by atoms with E-state index in [0.717, 1.165) is 6.54 Å². The molecule has 0 aromatic carbocycles. The van der Waals surface area contributed by atoms with E-state index >= 15 is 0 Å². The molecular formula is C14H25NS2. The van der Waals surface area contributed by atoms with Gasteiger partial charge in [0.2, 0.25) is 0 Å². The van der Waals surface area contributed by atoms with E-state index in [9.17, 15) is 0 Å². The van der Waals surface area contributed by atoms with Gasteiger partial charge in [0.05, 0.1) is 0 Å². The lowest BCUT2D eigenvalue weighted by molar-refractivity contribution is 0.602. The van der Waals surface area contributed by atoms with Gasteiger partial charge in [0.25, 0.3) is 0 Å². The number of thiophene rings is 1. The van der Waals surface area contributed by atoms with Crippen molar-refractivity contribution in [3.05, 3.63) is 21.9 Å². The molecule has 1 aromatic rings. The van der Waals surface area contributed by atoms with Gasteiger partial charge < -0.3 is 5.32 Å². The van der Waals surface area contributed by atoms with Crippen LogP contribution >= 0.6 is 23.1 Å². The summed E-state index contributed by atoms with van der Waals surface area (Å²) >= 11 is 3.90. The number of thioether (sulfide) groups is 1. The van der Waals surface area contributed by atoms with Crippen LogP contribution in [-0.4, -0.2) is 18.6 Å². The molecule has 0 aliphatic rings. The summed E-state index contributed by atoms with van der Waals surface area (Å²) in [7, 11) is 0. The normalized spacial score (nSPS) is 10.9. The first-order chi connectivity index (χ1) is 8.36. The summed E-state index contributed by atoms with van der Waals surface area (Å²) < 4.78 is 0. The van der Waals surface area contributed by atoms with Gasteiger partial charge in [-0.25, -0.2) is 0 Å². The van der Waals surface area contributed by atoms with Crippen LogP contribution in [0.2, 0.25) is 0 Å². The maximum atomic E-state index is 3.54. The molecule has 1 rings (SSSR count). The topological polar surface area (TPSA) is 12.0 Å². The first kappa shape index (κ1) is 15.1. The molecule has 0 saturated heterocycles. The lowest BCUT2D eigenvalue weighted by Gasteiger charge is -2.03. The lowest BCUT2D eigenvalue weighted by Crippen LogP contribution is -2.13. The molecule has 0 amide bonds. The van der Waals surface area contributed by atoms with Crippen molar-refractivity contribution >= 4 is 23.1 Å². The van der Waals surface area contributed by atoms with Gasteiger partial charge in [0.15, 0.2) is 0 Å². The van der Waals surface area contributed by atoms with Crippen LogP contribution in [0.3, 0.4) is 0 Å². The zero-order valence-electron chi connectivity index (χ0n) is 11.1. The molecule has 0 radical (unpaired) electrons. The molecule has 0 saturated carbocycles. The van der Waals surface area contributed by atoms with E-state index in [1.54, 1.807) is 0 Å². The SMILES string of the molecule is CCc1ccc(CNCCCCCCSC)s1. The highest BCUT2D eigenvalue weighted by molar-refractivity contribution is 7.98. The van der Waals surface area contributed by atoms with Crippen LogP contribution in [0, 0.1) is 0 Å². The fourth-order valence-corrected chi connectivity index (χ4v) is 3.19. The van der Waals surface area contributed by atoms with E-state index in [2.05, 4.69) is 30.6 Å². The Labute approximate surface area is 114 Å². The zero-order valence-corrected chi connectivity index (χ0v) is 12.8. The first-order valence-corrected chi connectivity index (χ1v) is 8.85. The van der Waals surface area contributed by atoms with Gasteiger partial charge in [-0.1, -0.05) is 19.8 Å². The number of nitrogens with one attached hydrogen (secondary N) is 1. The molecule has 0 atom stereocenters. The molecule has 3 heteroatoms. The Morgan fingerprint density at radius 2 is 1.88 bits per heavy atom. The molecule has 0 aliphatic heterocycles. The first-order valence-electron chi connectivity index (χ1n) is 6.64. The molecule has 1 N–H and O–H groups in total. The van der Waals surface area contributed by atoms with Crippen LogP contribution in [0.4, 0.5) is 0 Å². The molecule has 1 heterocycles. The molecular weight excluding hydrogens is 246 g/mol. The predicted molar refractivity (Wildman–Crippen MR) is 82.3 cm³/mol. The molecule has 0 unspecified atom stereocenters. The number of hydrogen-bond donors (Lipinski definition) is 1. The summed E-state index contributed by atoms with van der Waals surface area (Å²) in [5, 5.41) is 3.54. The van der Waals surface area contributed by atoms with E-state index < -0.39 is 0 Å². The number of hydrogen-bond acceptors (Lipinski definition) is 3. The minimum absolute atomic E-state index is 1.05. The van der Waals surface area contributed by atoms with Gasteiger partial charge >= 0.3 is 0 Å². The summed E-state index contributed by atoms with van der Waals surface area (Å²) in [4.78, 5) is 2.98. The van der Waals surface area contributed by atoms with Crippen molar-refractivity contribution in [2.24, 2.45) is 0 Å². The van der Waals surface area contributed by atoms with E-state index in [1.165, 1.54) is 54.2 Å². The quantitative estimate of drug-likeness (QED) is 0.636. The zero-order chi connectivity index (χ0) is 12.3. The highest BCUT2D eigenvalue weighted by Gasteiger charge is 1.97. The Hall–Kier alpha value is 0.01000. The van der Waals surface area contributed by atoms with Gasteiger partial charge in [0, 0.05) is 16.3 Å². The van der Waals surface area contributed by atoms with Crippen molar-refractivity contribution in [2.45, 2.75) is 45.6 Å².